The molecular formula is C11H9F3N4O2. The van der Waals surface area contributed by atoms with Crippen LogP contribution in [0.25, 0.3) is 5.95 Å². The van der Waals surface area contributed by atoms with Crippen molar-refractivity contribution >= 4 is 5.97 Å². The molecule has 2 rings (SSSR count). The molecule has 6 nitrogen and oxygen atoms in total. The Hall–Kier alpha value is -2.45. The molecule has 0 unspecified atom stereocenters. The van der Waals surface area contributed by atoms with Crippen LogP contribution < -0.4 is 0 Å². The summed E-state index contributed by atoms with van der Waals surface area (Å²) in [6.45, 7) is 1.59. The fourth-order valence-corrected chi connectivity index (χ4v) is 1.44. The van der Waals surface area contributed by atoms with Gasteiger partial charge in [-0.2, -0.15) is 5.10 Å². The maximum absolute atomic E-state index is 12.8. The lowest BCUT2D eigenvalue weighted by Gasteiger charge is -2.00. The molecule has 2 aromatic rings. The lowest BCUT2D eigenvalue weighted by atomic mass is 10.2. The molecule has 0 aliphatic heterocycles. The largest absolute Gasteiger partial charge is 0.462 e. The summed E-state index contributed by atoms with van der Waals surface area (Å²) < 4.78 is 43.9. The van der Waals surface area contributed by atoms with Crippen LogP contribution in [0.4, 0.5) is 13.2 Å². The highest BCUT2D eigenvalue weighted by atomic mass is 19.3. The van der Waals surface area contributed by atoms with E-state index in [0.29, 0.717) is 0 Å². The lowest BCUT2D eigenvalue weighted by Crippen LogP contribution is -2.06. The SMILES string of the molecule is CCOC(=O)c1cn(-c2ncc(F)cn2)nc1C(F)F. The molecular weight excluding hydrogens is 277 g/mol. The third-order valence-corrected chi connectivity index (χ3v) is 2.26. The zero-order chi connectivity index (χ0) is 14.7. The third kappa shape index (κ3) is 2.76. The molecule has 0 radical (unpaired) electrons. The third-order valence-electron chi connectivity index (χ3n) is 2.26. The highest BCUT2D eigenvalue weighted by molar-refractivity contribution is 5.90. The Labute approximate surface area is 111 Å². The first kappa shape index (κ1) is 14.0. The van der Waals surface area contributed by atoms with E-state index in [1.807, 2.05) is 0 Å². The van der Waals surface area contributed by atoms with Gasteiger partial charge in [-0.3, -0.25) is 0 Å². The smallest absolute Gasteiger partial charge is 0.341 e. The molecule has 0 spiro atoms. The number of halogens is 3. The average molecular weight is 286 g/mol. The van der Waals surface area contributed by atoms with Crippen LogP contribution in [0.5, 0.6) is 0 Å². The van der Waals surface area contributed by atoms with Crippen molar-refractivity contribution < 1.29 is 22.7 Å². The molecule has 0 saturated carbocycles. The van der Waals surface area contributed by atoms with Crippen molar-refractivity contribution in [3.63, 3.8) is 0 Å². The molecule has 0 atom stereocenters. The number of hydrogen-bond donors (Lipinski definition) is 0. The Morgan fingerprint density at radius 2 is 2.05 bits per heavy atom. The quantitative estimate of drug-likeness (QED) is 0.803. The average Bonchev–Trinajstić information content (AvgIpc) is 2.85. The van der Waals surface area contributed by atoms with E-state index in [1.54, 1.807) is 6.92 Å². The maximum atomic E-state index is 12.8. The number of ether oxygens (including phenoxy) is 1. The minimum Gasteiger partial charge on any atom is -0.462 e. The van der Waals surface area contributed by atoms with Crippen LogP contribution in [0.15, 0.2) is 18.6 Å². The number of alkyl halides is 2. The van der Waals surface area contributed by atoms with Crippen LogP contribution in [0.3, 0.4) is 0 Å². The number of esters is 1. The van der Waals surface area contributed by atoms with Gasteiger partial charge in [-0.15, -0.1) is 0 Å². The second-order valence-electron chi connectivity index (χ2n) is 3.60. The van der Waals surface area contributed by atoms with Gasteiger partial charge in [0.25, 0.3) is 12.4 Å². The summed E-state index contributed by atoms with van der Waals surface area (Å²) in [5.41, 5.74) is -1.12. The molecule has 0 saturated heterocycles. The van der Waals surface area contributed by atoms with Gasteiger partial charge in [-0.1, -0.05) is 0 Å². The van der Waals surface area contributed by atoms with Gasteiger partial charge in [0.1, 0.15) is 11.3 Å². The first-order valence-corrected chi connectivity index (χ1v) is 5.55. The van der Waals surface area contributed by atoms with Crippen LogP contribution in [0.1, 0.15) is 29.4 Å². The molecule has 20 heavy (non-hydrogen) atoms. The standard InChI is InChI=1S/C11H9F3N4O2/c1-2-20-10(19)7-5-18(17-8(7)9(13)14)11-15-3-6(12)4-16-11/h3-5,9H,2H2,1H3. The molecule has 9 heteroatoms. The minimum atomic E-state index is -2.96. The van der Waals surface area contributed by atoms with E-state index >= 15 is 0 Å². The summed E-state index contributed by atoms with van der Waals surface area (Å²) in [6.07, 6.45) is -0.227. The molecule has 106 valence electrons. The predicted octanol–water partition coefficient (Wildman–Crippen LogP) is 1.92. The van der Waals surface area contributed by atoms with Crippen LogP contribution in [-0.2, 0) is 4.74 Å². The van der Waals surface area contributed by atoms with Crippen LogP contribution in [-0.4, -0.2) is 32.3 Å². The summed E-state index contributed by atoms with van der Waals surface area (Å²) >= 11 is 0. The second kappa shape index (κ2) is 5.68. The fraction of sp³-hybridized carbons (Fsp3) is 0.273. The van der Waals surface area contributed by atoms with Crippen molar-refractivity contribution in [3.05, 3.63) is 35.7 Å². The fourth-order valence-electron chi connectivity index (χ4n) is 1.44. The molecule has 2 heterocycles. The van der Waals surface area contributed by atoms with Crippen molar-refractivity contribution in [1.82, 2.24) is 19.7 Å². The first-order valence-electron chi connectivity index (χ1n) is 5.55. The zero-order valence-corrected chi connectivity index (χ0v) is 10.3. The van der Waals surface area contributed by atoms with E-state index in [4.69, 9.17) is 0 Å². The van der Waals surface area contributed by atoms with Crippen LogP contribution >= 0.6 is 0 Å². The zero-order valence-electron chi connectivity index (χ0n) is 10.3. The topological polar surface area (TPSA) is 69.9 Å². The van der Waals surface area contributed by atoms with Gasteiger partial charge >= 0.3 is 5.97 Å². The molecule has 0 aliphatic rings. The van der Waals surface area contributed by atoms with Crippen LogP contribution in [0.2, 0.25) is 0 Å². The summed E-state index contributed by atoms with van der Waals surface area (Å²) in [6, 6.07) is 0. The Balaban J connectivity index is 2.43. The van der Waals surface area contributed by atoms with Gasteiger partial charge in [0.15, 0.2) is 5.82 Å². The number of carbonyl (C=O) groups is 1. The summed E-state index contributed by atoms with van der Waals surface area (Å²) in [7, 11) is 0. The highest BCUT2D eigenvalue weighted by Gasteiger charge is 2.25. The van der Waals surface area contributed by atoms with Gasteiger partial charge in [0.05, 0.1) is 19.0 Å². The lowest BCUT2D eigenvalue weighted by molar-refractivity contribution is 0.0515. The number of hydrogen-bond acceptors (Lipinski definition) is 5. The number of carbonyl (C=O) groups excluding carboxylic acids is 1. The van der Waals surface area contributed by atoms with Crippen molar-refractivity contribution in [1.29, 1.82) is 0 Å². The van der Waals surface area contributed by atoms with E-state index in [9.17, 15) is 18.0 Å². The molecule has 0 bridgehead atoms. The van der Waals surface area contributed by atoms with Crippen molar-refractivity contribution in [3.8, 4) is 5.95 Å². The minimum absolute atomic E-state index is 0.0414. The van der Waals surface area contributed by atoms with E-state index in [1.165, 1.54) is 0 Å². The van der Waals surface area contributed by atoms with Crippen molar-refractivity contribution in [2.75, 3.05) is 6.61 Å². The Morgan fingerprint density at radius 1 is 1.40 bits per heavy atom. The van der Waals surface area contributed by atoms with Gasteiger partial charge in [0.2, 0.25) is 0 Å². The predicted molar refractivity (Wildman–Crippen MR) is 60.0 cm³/mol. The number of aromatic nitrogens is 4. The maximum Gasteiger partial charge on any atom is 0.341 e. The monoisotopic (exact) mass is 286 g/mol. The van der Waals surface area contributed by atoms with Gasteiger partial charge in [-0.05, 0) is 6.92 Å². The second-order valence-corrected chi connectivity index (χ2v) is 3.60. The Bertz CT molecular complexity index is 613. The molecule has 0 aliphatic carbocycles. The van der Waals surface area contributed by atoms with E-state index in [-0.39, 0.29) is 18.1 Å². The molecule has 0 amide bonds. The van der Waals surface area contributed by atoms with Crippen molar-refractivity contribution in [2.24, 2.45) is 0 Å². The molecule has 2 aromatic heterocycles. The Kier molecular flexibility index (Phi) is 3.97. The summed E-state index contributed by atoms with van der Waals surface area (Å²) in [4.78, 5) is 18.7. The van der Waals surface area contributed by atoms with Gasteiger partial charge < -0.3 is 4.74 Å². The number of nitrogens with zero attached hydrogens (tertiary/aromatic N) is 4. The number of rotatable bonds is 4. The van der Waals surface area contributed by atoms with Gasteiger partial charge in [-0.25, -0.2) is 32.6 Å². The van der Waals surface area contributed by atoms with E-state index in [2.05, 4.69) is 19.8 Å². The Morgan fingerprint density at radius 3 is 2.60 bits per heavy atom. The molecule has 0 fully saturated rings. The van der Waals surface area contributed by atoms with Crippen LogP contribution in [0, 0.1) is 5.82 Å². The van der Waals surface area contributed by atoms with Gasteiger partial charge in [0, 0.05) is 6.20 Å². The molecule has 0 N–H and O–H groups in total. The van der Waals surface area contributed by atoms with E-state index in [0.717, 1.165) is 23.3 Å². The first-order chi connectivity index (χ1) is 9.52. The van der Waals surface area contributed by atoms with Crippen molar-refractivity contribution in [2.45, 2.75) is 13.3 Å². The van der Waals surface area contributed by atoms with E-state index < -0.39 is 23.9 Å². The molecule has 0 aromatic carbocycles. The summed E-state index contributed by atoms with van der Waals surface area (Å²) in [5, 5.41) is 3.53. The summed E-state index contributed by atoms with van der Waals surface area (Å²) in [5.74, 6) is -1.74. The normalized spacial score (nSPS) is 10.8. The highest BCUT2D eigenvalue weighted by Crippen LogP contribution is 2.22.